The highest BCUT2D eigenvalue weighted by molar-refractivity contribution is 5.77. The van der Waals surface area contributed by atoms with Gasteiger partial charge in [-0.15, -0.1) is 0 Å². The quantitative estimate of drug-likeness (QED) is 0.669. The predicted molar refractivity (Wildman–Crippen MR) is 57.4 cm³/mol. The lowest BCUT2D eigenvalue weighted by Gasteiger charge is -2.02. The SMILES string of the molecule is CCC1CCn2c1cc1ncccc12. The van der Waals surface area contributed by atoms with Gasteiger partial charge in [-0.05, 0) is 31.0 Å². The van der Waals surface area contributed by atoms with Crippen LogP contribution in [0.4, 0.5) is 0 Å². The third-order valence-electron chi connectivity index (χ3n) is 3.32. The van der Waals surface area contributed by atoms with Crippen molar-refractivity contribution in [2.75, 3.05) is 0 Å². The first-order chi connectivity index (χ1) is 6.90. The van der Waals surface area contributed by atoms with Gasteiger partial charge in [0.1, 0.15) is 0 Å². The molecular formula is C12H14N2. The summed E-state index contributed by atoms with van der Waals surface area (Å²) in [4.78, 5) is 4.39. The molecule has 3 rings (SSSR count). The molecule has 0 amide bonds. The summed E-state index contributed by atoms with van der Waals surface area (Å²) < 4.78 is 2.43. The van der Waals surface area contributed by atoms with Crippen molar-refractivity contribution in [3.63, 3.8) is 0 Å². The van der Waals surface area contributed by atoms with Crippen molar-refractivity contribution in [2.24, 2.45) is 0 Å². The Morgan fingerprint density at radius 1 is 1.57 bits per heavy atom. The number of rotatable bonds is 1. The lowest BCUT2D eigenvalue weighted by atomic mass is 10.0. The molecule has 0 saturated heterocycles. The van der Waals surface area contributed by atoms with Crippen molar-refractivity contribution in [3.05, 3.63) is 30.1 Å². The molecule has 2 nitrogen and oxygen atoms in total. The van der Waals surface area contributed by atoms with E-state index in [4.69, 9.17) is 0 Å². The van der Waals surface area contributed by atoms with Crippen LogP contribution in [0, 0.1) is 0 Å². The van der Waals surface area contributed by atoms with Crippen LogP contribution in [-0.4, -0.2) is 9.55 Å². The Labute approximate surface area is 83.6 Å². The van der Waals surface area contributed by atoms with Crippen LogP contribution in [0.2, 0.25) is 0 Å². The fourth-order valence-corrected chi connectivity index (χ4v) is 2.54. The maximum absolute atomic E-state index is 4.39. The Morgan fingerprint density at radius 3 is 3.36 bits per heavy atom. The normalized spacial score (nSPS) is 20.2. The number of pyridine rings is 1. The van der Waals surface area contributed by atoms with E-state index in [-0.39, 0.29) is 0 Å². The van der Waals surface area contributed by atoms with Crippen LogP contribution in [0.5, 0.6) is 0 Å². The van der Waals surface area contributed by atoms with E-state index < -0.39 is 0 Å². The topological polar surface area (TPSA) is 17.8 Å². The van der Waals surface area contributed by atoms with Gasteiger partial charge in [0.05, 0.1) is 11.0 Å². The molecule has 2 aromatic rings. The molecule has 0 aliphatic carbocycles. The molecule has 0 spiro atoms. The molecule has 0 bridgehead atoms. The van der Waals surface area contributed by atoms with E-state index in [1.807, 2.05) is 12.3 Å². The average molecular weight is 186 g/mol. The lowest BCUT2D eigenvalue weighted by Crippen LogP contribution is -1.91. The zero-order valence-corrected chi connectivity index (χ0v) is 8.40. The second-order valence-corrected chi connectivity index (χ2v) is 4.02. The average Bonchev–Trinajstić information content (AvgIpc) is 2.75. The molecule has 72 valence electrons. The van der Waals surface area contributed by atoms with Crippen LogP contribution in [0.3, 0.4) is 0 Å². The fourth-order valence-electron chi connectivity index (χ4n) is 2.54. The van der Waals surface area contributed by atoms with E-state index in [9.17, 15) is 0 Å². The minimum Gasteiger partial charge on any atom is -0.343 e. The van der Waals surface area contributed by atoms with Gasteiger partial charge in [-0.3, -0.25) is 4.98 Å². The second kappa shape index (κ2) is 2.84. The van der Waals surface area contributed by atoms with Crippen molar-refractivity contribution in [3.8, 4) is 0 Å². The Kier molecular flexibility index (Phi) is 1.63. The van der Waals surface area contributed by atoms with Gasteiger partial charge < -0.3 is 4.57 Å². The summed E-state index contributed by atoms with van der Waals surface area (Å²) in [6.45, 7) is 3.44. The van der Waals surface area contributed by atoms with Gasteiger partial charge in [-0.2, -0.15) is 0 Å². The highest BCUT2D eigenvalue weighted by Gasteiger charge is 2.23. The summed E-state index contributed by atoms with van der Waals surface area (Å²) in [6.07, 6.45) is 4.42. The fraction of sp³-hybridized carbons (Fsp3) is 0.417. The van der Waals surface area contributed by atoms with Gasteiger partial charge in [0.25, 0.3) is 0 Å². The van der Waals surface area contributed by atoms with E-state index >= 15 is 0 Å². The van der Waals surface area contributed by atoms with Crippen molar-refractivity contribution >= 4 is 11.0 Å². The first kappa shape index (κ1) is 8.04. The van der Waals surface area contributed by atoms with Crippen LogP contribution in [0.1, 0.15) is 31.4 Å². The highest BCUT2D eigenvalue weighted by atomic mass is 15.0. The predicted octanol–water partition coefficient (Wildman–Crippen LogP) is 2.93. The number of hydrogen-bond donors (Lipinski definition) is 0. The number of aryl methyl sites for hydroxylation is 1. The largest absolute Gasteiger partial charge is 0.343 e. The van der Waals surface area contributed by atoms with Crippen LogP contribution in [0.25, 0.3) is 11.0 Å². The number of nitrogens with zero attached hydrogens (tertiary/aromatic N) is 2. The minimum atomic E-state index is 0.754. The standard InChI is InChI=1S/C12H14N2/c1-2-9-5-7-14-11-4-3-6-13-10(11)8-12(9)14/h3-4,6,8-9H,2,5,7H2,1H3. The third-order valence-corrected chi connectivity index (χ3v) is 3.32. The molecule has 2 aromatic heterocycles. The smallest absolute Gasteiger partial charge is 0.0883 e. The zero-order valence-electron chi connectivity index (χ0n) is 8.40. The Morgan fingerprint density at radius 2 is 2.50 bits per heavy atom. The lowest BCUT2D eigenvalue weighted by molar-refractivity contribution is 0.646. The molecule has 2 heteroatoms. The first-order valence-corrected chi connectivity index (χ1v) is 5.34. The molecule has 0 N–H and O–H groups in total. The maximum Gasteiger partial charge on any atom is 0.0883 e. The summed E-state index contributed by atoms with van der Waals surface area (Å²) in [5, 5.41) is 0. The third kappa shape index (κ3) is 0.939. The first-order valence-electron chi connectivity index (χ1n) is 5.34. The van der Waals surface area contributed by atoms with Crippen molar-refractivity contribution < 1.29 is 0 Å². The molecule has 1 atom stereocenters. The van der Waals surface area contributed by atoms with E-state index in [0.717, 1.165) is 11.4 Å². The summed E-state index contributed by atoms with van der Waals surface area (Å²) in [5.41, 5.74) is 3.94. The van der Waals surface area contributed by atoms with Crippen molar-refractivity contribution in [2.45, 2.75) is 32.2 Å². The van der Waals surface area contributed by atoms with Gasteiger partial charge in [0.2, 0.25) is 0 Å². The van der Waals surface area contributed by atoms with Gasteiger partial charge in [0.15, 0.2) is 0 Å². The molecule has 1 aliphatic rings. The molecule has 3 heterocycles. The molecule has 1 unspecified atom stereocenters. The molecular weight excluding hydrogens is 172 g/mol. The van der Waals surface area contributed by atoms with Gasteiger partial charge >= 0.3 is 0 Å². The Balaban J connectivity index is 2.26. The van der Waals surface area contributed by atoms with E-state index in [1.165, 1.54) is 30.6 Å². The highest BCUT2D eigenvalue weighted by Crippen LogP contribution is 2.34. The Hall–Kier alpha value is -1.31. The summed E-state index contributed by atoms with van der Waals surface area (Å²) in [5.74, 6) is 0.754. The van der Waals surface area contributed by atoms with Crippen molar-refractivity contribution in [1.82, 2.24) is 9.55 Å². The molecule has 0 aromatic carbocycles. The number of fused-ring (bicyclic) bond motifs is 3. The molecule has 1 aliphatic heterocycles. The molecule has 0 saturated carbocycles. The number of aromatic nitrogens is 2. The monoisotopic (exact) mass is 186 g/mol. The molecule has 0 fully saturated rings. The van der Waals surface area contributed by atoms with Gasteiger partial charge in [-0.1, -0.05) is 6.92 Å². The van der Waals surface area contributed by atoms with Gasteiger partial charge in [0, 0.05) is 24.4 Å². The van der Waals surface area contributed by atoms with E-state index in [2.05, 4.69) is 28.6 Å². The van der Waals surface area contributed by atoms with E-state index in [0.29, 0.717) is 0 Å². The molecule has 0 radical (unpaired) electrons. The molecule has 14 heavy (non-hydrogen) atoms. The summed E-state index contributed by atoms with van der Waals surface area (Å²) in [6, 6.07) is 6.45. The summed E-state index contributed by atoms with van der Waals surface area (Å²) >= 11 is 0. The Bertz CT molecular complexity index is 470. The maximum atomic E-state index is 4.39. The van der Waals surface area contributed by atoms with Crippen LogP contribution < -0.4 is 0 Å². The zero-order chi connectivity index (χ0) is 9.54. The van der Waals surface area contributed by atoms with Gasteiger partial charge in [-0.25, -0.2) is 0 Å². The number of hydrogen-bond acceptors (Lipinski definition) is 1. The van der Waals surface area contributed by atoms with Crippen LogP contribution in [0.15, 0.2) is 24.4 Å². The second-order valence-electron chi connectivity index (χ2n) is 4.02. The van der Waals surface area contributed by atoms with Crippen molar-refractivity contribution in [1.29, 1.82) is 0 Å². The van der Waals surface area contributed by atoms with Crippen LogP contribution >= 0.6 is 0 Å². The minimum absolute atomic E-state index is 0.754. The summed E-state index contributed by atoms with van der Waals surface area (Å²) in [7, 11) is 0. The van der Waals surface area contributed by atoms with Crippen LogP contribution in [-0.2, 0) is 6.54 Å². The van der Waals surface area contributed by atoms with E-state index in [1.54, 1.807) is 0 Å².